The van der Waals surface area contributed by atoms with E-state index in [1.807, 2.05) is 0 Å². The number of rotatable bonds is 6. The van der Waals surface area contributed by atoms with Crippen molar-refractivity contribution in [1.82, 2.24) is 4.98 Å². The van der Waals surface area contributed by atoms with Gasteiger partial charge in [0.25, 0.3) is 0 Å². The van der Waals surface area contributed by atoms with Gasteiger partial charge in [-0.1, -0.05) is 26.0 Å². The zero-order valence-corrected chi connectivity index (χ0v) is 18.1. The van der Waals surface area contributed by atoms with Crippen molar-refractivity contribution >= 4 is 16.5 Å². The molecule has 3 N–H and O–H groups in total. The number of ether oxygens (including phenoxy) is 1. The molecule has 1 aliphatic heterocycles. The molecule has 0 saturated heterocycles. The van der Waals surface area contributed by atoms with E-state index in [0.29, 0.717) is 35.1 Å². The smallest absolute Gasteiger partial charge is 0.418 e. The van der Waals surface area contributed by atoms with Crippen LogP contribution in [0.2, 0.25) is 0 Å². The molecular weight excluding hydrogens is 440 g/mol. The van der Waals surface area contributed by atoms with Crippen LogP contribution in [-0.4, -0.2) is 35.0 Å². The van der Waals surface area contributed by atoms with Crippen molar-refractivity contribution in [3.8, 4) is 5.75 Å². The Labute approximate surface area is 187 Å². The summed E-state index contributed by atoms with van der Waals surface area (Å²) in [5.74, 6) is -0.177. The highest BCUT2D eigenvalue weighted by molar-refractivity contribution is 5.93. The van der Waals surface area contributed by atoms with Gasteiger partial charge in [0.1, 0.15) is 11.6 Å². The van der Waals surface area contributed by atoms with E-state index in [0.717, 1.165) is 0 Å². The van der Waals surface area contributed by atoms with Crippen molar-refractivity contribution in [2.75, 3.05) is 18.5 Å². The van der Waals surface area contributed by atoms with E-state index in [-0.39, 0.29) is 11.3 Å². The number of hydrogen-bond donors (Lipinski definition) is 3. The fourth-order valence-electron chi connectivity index (χ4n) is 4.45. The van der Waals surface area contributed by atoms with E-state index in [2.05, 4.69) is 10.3 Å². The third-order valence-electron chi connectivity index (χ3n) is 6.10. The second kappa shape index (κ2) is 8.06. The second-order valence-corrected chi connectivity index (χ2v) is 9.09. The van der Waals surface area contributed by atoms with Crippen molar-refractivity contribution in [2.45, 2.75) is 43.9 Å². The molecule has 3 aromatic rings. The number of hydrogen-bond acceptors (Lipinski definition) is 4. The van der Waals surface area contributed by atoms with E-state index >= 15 is 0 Å². The topological polar surface area (TPSA) is 74.4 Å². The van der Waals surface area contributed by atoms with E-state index in [4.69, 9.17) is 4.74 Å². The van der Waals surface area contributed by atoms with Crippen LogP contribution in [0.25, 0.3) is 10.8 Å². The molecule has 0 amide bonds. The molecule has 0 bridgehead atoms. The molecule has 0 radical (unpaired) electrons. The van der Waals surface area contributed by atoms with Crippen LogP contribution < -0.4 is 15.6 Å². The van der Waals surface area contributed by atoms with Gasteiger partial charge in [0.05, 0.1) is 13.2 Å². The van der Waals surface area contributed by atoms with Crippen LogP contribution in [-0.2, 0) is 11.8 Å². The van der Waals surface area contributed by atoms with E-state index < -0.39 is 41.5 Å². The summed E-state index contributed by atoms with van der Waals surface area (Å²) in [5, 5.41) is 14.6. The van der Waals surface area contributed by atoms with Crippen LogP contribution in [0, 0.1) is 5.82 Å². The molecule has 1 aromatic heterocycles. The molecule has 33 heavy (non-hydrogen) atoms. The van der Waals surface area contributed by atoms with Gasteiger partial charge in [-0.25, -0.2) is 4.39 Å². The van der Waals surface area contributed by atoms with Crippen molar-refractivity contribution in [2.24, 2.45) is 0 Å². The molecule has 0 saturated carbocycles. The number of fused-ring (bicyclic) bond motifs is 2. The van der Waals surface area contributed by atoms with Crippen LogP contribution in [0.4, 0.5) is 23.2 Å². The molecule has 9 heteroatoms. The molecule has 0 fully saturated rings. The zero-order chi connectivity index (χ0) is 24.0. The monoisotopic (exact) mass is 464 g/mol. The summed E-state index contributed by atoms with van der Waals surface area (Å²) in [6.07, 6.45) is -3.77. The number of anilines is 1. The van der Waals surface area contributed by atoms with Gasteiger partial charge >= 0.3 is 6.18 Å². The van der Waals surface area contributed by atoms with Gasteiger partial charge in [-0.3, -0.25) is 4.79 Å². The maximum atomic E-state index is 14.2. The first-order valence-electron chi connectivity index (χ1n) is 10.5. The van der Waals surface area contributed by atoms with Gasteiger partial charge in [0.15, 0.2) is 5.60 Å². The summed E-state index contributed by atoms with van der Waals surface area (Å²) in [4.78, 5) is 14.2. The number of aliphatic hydroxyl groups is 1. The molecular formula is C24H24F4N2O3. The van der Waals surface area contributed by atoms with E-state index in [1.165, 1.54) is 44.3 Å². The van der Waals surface area contributed by atoms with Crippen LogP contribution in [0.15, 0.2) is 47.4 Å². The van der Waals surface area contributed by atoms with Crippen molar-refractivity contribution < 1.29 is 27.4 Å². The third kappa shape index (κ3) is 4.42. The fraction of sp³-hybridized carbons (Fsp3) is 0.375. The standard InChI is InChI=1S/C24H24F4N2O3/c1-22(2,18-9-16(25)8-14-6-7-33-21(14)18)12-23(32,24(26,27)28)13-30-19-5-3-4-15-11-29-20(31)10-17(15)19/h3-5,8-11,30,32H,6-7,12-13H2,1-2H3,(H,29,31)/t23-/m0/s1. The van der Waals surface area contributed by atoms with Crippen molar-refractivity contribution in [3.63, 3.8) is 0 Å². The lowest BCUT2D eigenvalue weighted by atomic mass is 9.74. The first kappa shape index (κ1) is 23.1. The van der Waals surface area contributed by atoms with Gasteiger partial charge in [-0.2, -0.15) is 13.2 Å². The summed E-state index contributed by atoms with van der Waals surface area (Å²) in [6, 6.07) is 8.65. The maximum absolute atomic E-state index is 14.2. The minimum absolute atomic E-state index is 0.286. The summed E-state index contributed by atoms with van der Waals surface area (Å²) < 4.78 is 62.2. The highest BCUT2D eigenvalue weighted by atomic mass is 19.4. The number of halogens is 4. The normalized spacial score (nSPS) is 15.7. The number of alkyl halides is 3. The SMILES string of the molecule is CC(C)(C[C@](O)(CNc1cccc2c[nH]c(=O)cc12)C(F)(F)F)c1cc(F)cc2c1OCC2. The molecule has 4 rings (SSSR count). The molecule has 1 atom stereocenters. The third-order valence-corrected chi connectivity index (χ3v) is 6.10. The predicted octanol–water partition coefficient (Wildman–Crippen LogP) is 4.68. The number of H-pyrrole nitrogens is 1. The molecule has 176 valence electrons. The Kier molecular flexibility index (Phi) is 5.64. The molecule has 0 aliphatic carbocycles. The summed E-state index contributed by atoms with van der Waals surface area (Å²) in [6.45, 7) is 2.52. The number of nitrogens with one attached hydrogen (secondary N) is 2. The van der Waals surface area contributed by atoms with E-state index in [9.17, 15) is 27.5 Å². The Balaban J connectivity index is 1.67. The van der Waals surface area contributed by atoms with Gasteiger partial charge in [-0.15, -0.1) is 0 Å². The molecule has 0 unspecified atom stereocenters. The Morgan fingerprint density at radius 3 is 2.67 bits per heavy atom. The predicted molar refractivity (Wildman–Crippen MR) is 117 cm³/mol. The molecule has 0 spiro atoms. The first-order valence-corrected chi connectivity index (χ1v) is 10.5. The van der Waals surface area contributed by atoms with Crippen molar-refractivity contribution in [1.29, 1.82) is 0 Å². The van der Waals surface area contributed by atoms with Gasteiger partial charge in [-0.05, 0) is 30.0 Å². The Hall–Kier alpha value is -3.07. The van der Waals surface area contributed by atoms with Gasteiger partial charge in [0.2, 0.25) is 5.56 Å². The first-order chi connectivity index (χ1) is 15.4. The summed E-state index contributed by atoms with van der Waals surface area (Å²) in [5.41, 5.74) is -3.63. The second-order valence-electron chi connectivity index (χ2n) is 9.09. The Morgan fingerprint density at radius 2 is 1.94 bits per heavy atom. The Bertz CT molecular complexity index is 1250. The minimum atomic E-state index is -4.98. The molecule has 5 nitrogen and oxygen atoms in total. The lowest BCUT2D eigenvalue weighted by molar-refractivity contribution is -0.260. The zero-order valence-electron chi connectivity index (χ0n) is 18.1. The van der Waals surface area contributed by atoms with Crippen molar-refractivity contribution in [3.05, 3.63) is 69.9 Å². The van der Waals surface area contributed by atoms with Gasteiger partial charge < -0.3 is 20.1 Å². The highest BCUT2D eigenvalue weighted by Gasteiger charge is 2.56. The lowest BCUT2D eigenvalue weighted by Crippen LogP contribution is -2.53. The summed E-state index contributed by atoms with van der Waals surface area (Å²) >= 11 is 0. The minimum Gasteiger partial charge on any atom is -0.493 e. The van der Waals surface area contributed by atoms with Crippen LogP contribution in [0.3, 0.4) is 0 Å². The largest absolute Gasteiger partial charge is 0.493 e. The molecule has 1 aliphatic rings. The fourth-order valence-corrected chi connectivity index (χ4v) is 4.45. The quantitative estimate of drug-likeness (QED) is 0.464. The van der Waals surface area contributed by atoms with Gasteiger partial charge in [0, 0.05) is 46.3 Å². The highest BCUT2D eigenvalue weighted by Crippen LogP contribution is 2.46. The van der Waals surface area contributed by atoms with Crippen LogP contribution in [0.1, 0.15) is 31.4 Å². The number of aromatic amines is 1. The Morgan fingerprint density at radius 1 is 1.18 bits per heavy atom. The number of pyridine rings is 1. The average molecular weight is 464 g/mol. The summed E-state index contributed by atoms with van der Waals surface area (Å²) in [7, 11) is 0. The van der Waals surface area contributed by atoms with Crippen LogP contribution in [0.5, 0.6) is 5.75 Å². The maximum Gasteiger partial charge on any atom is 0.418 e. The van der Waals surface area contributed by atoms with Crippen LogP contribution >= 0.6 is 0 Å². The average Bonchev–Trinajstić information content (AvgIpc) is 3.18. The molecule has 2 heterocycles. The molecule has 2 aromatic carbocycles. The van der Waals surface area contributed by atoms with E-state index in [1.54, 1.807) is 12.1 Å². The number of benzene rings is 2. The lowest BCUT2D eigenvalue weighted by Gasteiger charge is -2.38. The number of aromatic nitrogens is 1.